The van der Waals surface area contributed by atoms with Gasteiger partial charge in [0.2, 0.25) is 5.91 Å². The molecule has 0 bridgehead atoms. The number of aryl methyl sites for hydroxylation is 1. The molecular weight excluding hydrogens is 288 g/mol. The Hall–Kier alpha value is -2.02. The van der Waals surface area contributed by atoms with Crippen LogP contribution < -0.4 is 10.1 Å². The van der Waals surface area contributed by atoms with Crippen molar-refractivity contribution in [3.05, 3.63) is 30.6 Å². The molecule has 6 nitrogen and oxygen atoms in total. The Labute approximate surface area is 127 Å². The first-order valence-electron chi connectivity index (χ1n) is 6.76. The minimum Gasteiger partial charge on any atom is -0.492 e. The van der Waals surface area contributed by atoms with E-state index >= 15 is 0 Å². The summed E-state index contributed by atoms with van der Waals surface area (Å²) in [6.07, 6.45) is 1.66. The van der Waals surface area contributed by atoms with Crippen molar-refractivity contribution in [1.82, 2.24) is 14.8 Å². The number of anilines is 1. The highest BCUT2D eigenvalue weighted by Crippen LogP contribution is 2.24. The molecule has 21 heavy (non-hydrogen) atoms. The van der Waals surface area contributed by atoms with E-state index in [1.165, 1.54) is 11.8 Å². The minimum absolute atomic E-state index is 0.0993. The smallest absolute Gasteiger partial charge is 0.234 e. The van der Waals surface area contributed by atoms with E-state index in [1.807, 2.05) is 42.7 Å². The molecule has 0 unspecified atom stereocenters. The average Bonchev–Trinajstić information content (AvgIpc) is 2.95. The van der Waals surface area contributed by atoms with Crippen LogP contribution in [0.5, 0.6) is 5.75 Å². The molecule has 1 N–H and O–H groups in total. The van der Waals surface area contributed by atoms with Gasteiger partial charge in [0, 0.05) is 6.54 Å². The van der Waals surface area contributed by atoms with Crippen LogP contribution in [0.2, 0.25) is 0 Å². The number of carbonyl (C=O) groups is 1. The maximum Gasteiger partial charge on any atom is 0.234 e. The van der Waals surface area contributed by atoms with Crippen LogP contribution in [-0.2, 0) is 11.3 Å². The molecule has 0 spiro atoms. The molecule has 0 aliphatic carbocycles. The number of nitrogens with zero attached hydrogens (tertiary/aromatic N) is 3. The molecule has 1 aromatic carbocycles. The number of aromatic nitrogens is 3. The van der Waals surface area contributed by atoms with Gasteiger partial charge in [-0.3, -0.25) is 4.79 Å². The van der Waals surface area contributed by atoms with Crippen molar-refractivity contribution in [3.63, 3.8) is 0 Å². The number of amides is 1. The van der Waals surface area contributed by atoms with Gasteiger partial charge in [0.1, 0.15) is 12.1 Å². The lowest BCUT2D eigenvalue weighted by Crippen LogP contribution is -2.15. The molecule has 0 radical (unpaired) electrons. The van der Waals surface area contributed by atoms with Gasteiger partial charge in [-0.25, -0.2) is 0 Å². The SMILES string of the molecule is CCOc1ccccc1NC(=O)CSc1nncn1CC. The van der Waals surface area contributed by atoms with Gasteiger partial charge >= 0.3 is 0 Å². The monoisotopic (exact) mass is 306 g/mol. The zero-order valence-corrected chi connectivity index (χ0v) is 12.9. The van der Waals surface area contributed by atoms with E-state index in [4.69, 9.17) is 4.74 Å². The summed E-state index contributed by atoms with van der Waals surface area (Å²) in [6.45, 7) is 5.25. The fourth-order valence-electron chi connectivity index (χ4n) is 1.74. The predicted molar refractivity (Wildman–Crippen MR) is 82.7 cm³/mol. The van der Waals surface area contributed by atoms with Gasteiger partial charge in [0.05, 0.1) is 18.0 Å². The Kier molecular flexibility index (Phi) is 5.62. The molecule has 7 heteroatoms. The summed E-state index contributed by atoms with van der Waals surface area (Å²) in [5.41, 5.74) is 0.682. The van der Waals surface area contributed by atoms with Crippen molar-refractivity contribution in [2.75, 3.05) is 17.7 Å². The van der Waals surface area contributed by atoms with Crippen LogP contribution in [0, 0.1) is 0 Å². The van der Waals surface area contributed by atoms with E-state index < -0.39 is 0 Å². The highest BCUT2D eigenvalue weighted by Gasteiger charge is 2.10. The first kappa shape index (κ1) is 15.4. The van der Waals surface area contributed by atoms with Crippen LogP contribution in [0.25, 0.3) is 0 Å². The van der Waals surface area contributed by atoms with E-state index in [9.17, 15) is 4.79 Å². The molecule has 1 aromatic heterocycles. The quantitative estimate of drug-likeness (QED) is 0.796. The molecule has 0 aliphatic heterocycles. The zero-order valence-electron chi connectivity index (χ0n) is 12.1. The largest absolute Gasteiger partial charge is 0.492 e. The second kappa shape index (κ2) is 7.68. The van der Waals surface area contributed by atoms with Gasteiger partial charge in [-0.15, -0.1) is 10.2 Å². The Morgan fingerprint density at radius 2 is 2.19 bits per heavy atom. The third-order valence-electron chi connectivity index (χ3n) is 2.71. The Morgan fingerprint density at radius 1 is 1.38 bits per heavy atom. The van der Waals surface area contributed by atoms with E-state index in [0.717, 1.165) is 11.7 Å². The van der Waals surface area contributed by atoms with Crippen LogP contribution in [0.4, 0.5) is 5.69 Å². The van der Waals surface area contributed by atoms with Crippen LogP contribution in [-0.4, -0.2) is 33.0 Å². The fraction of sp³-hybridized carbons (Fsp3) is 0.357. The number of hydrogen-bond acceptors (Lipinski definition) is 5. The van der Waals surface area contributed by atoms with Gasteiger partial charge < -0.3 is 14.6 Å². The van der Waals surface area contributed by atoms with Crippen molar-refractivity contribution in [1.29, 1.82) is 0 Å². The number of benzene rings is 1. The summed E-state index contributed by atoms with van der Waals surface area (Å²) in [4.78, 5) is 12.0. The van der Waals surface area contributed by atoms with Gasteiger partial charge in [0.15, 0.2) is 5.16 Å². The topological polar surface area (TPSA) is 69.0 Å². The number of ether oxygens (including phenoxy) is 1. The van der Waals surface area contributed by atoms with Gasteiger partial charge in [0.25, 0.3) is 0 Å². The molecular formula is C14H18N4O2S. The number of carbonyl (C=O) groups excluding carboxylic acids is 1. The second-order valence-corrected chi connectivity index (χ2v) is 5.11. The second-order valence-electron chi connectivity index (χ2n) is 4.17. The van der Waals surface area contributed by atoms with Crippen LogP contribution in [0.1, 0.15) is 13.8 Å². The molecule has 0 saturated heterocycles. The zero-order chi connectivity index (χ0) is 15.1. The van der Waals surface area contributed by atoms with E-state index in [0.29, 0.717) is 18.0 Å². The molecule has 2 aromatic rings. The normalized spacial score (nSPS) is 10.4. The molecule has 0 atom stereocenters. The number of rotatable bonds is 7. The van der Waals surface area contributed by atoms with Crippen LogP contribution in [0.15, 0.2) is 35.7 Å². The summed E-state index contributed by atoms with van der Waals surface area (Å²) in [6, 6.07) is 7.39. The summed E-state index contributed by atoms with van der Waals surface area (Å²) in [5, 5.41) is 11.4. The van der Waals surface area contributed by atoms with Gasteiger partial charge in [-0.2, -0.15) is 0 Å². The highest BCUT2D eigenvalue weighted by atomic mass is 32.2. The van der Waals surface area contributed by atoms with E-state index in [1.54, 1.807) is 6.33 Å². The molecule has 112 valence electrons. The predicted octanol–water partition coefficient (Wildman–Crippen LogP) is 2.43. The molecule has 1 amide bonds. The van der Waals surface area contributed by atoms with E-state index in [2.05, 4.69) is 15.5 Å². The summed E-state index contributed by atoms with van der Waals surface area (Å²) in [5.74, 6) is 0.854. The number of para-hydroxylation sites is 2. The third kappa shape index (κ3) is 4.22. The number of nitrogens with one attached hydrogen (secondary N) is 1. The van der Waals surface area contributed by atoms with Crippen molar-refractivity contribution < 1.29 is 9.53 Å². The van der Waals surface area contributed by atoms with E-state index in [-0.39, 0.29) is 11.7 Å². The van der Waals surface area contributed by atoms with Crippen molar-refractivity contribution in [2.45, 2.75) is 25.5 Å². The number of thioether (sulfide) groups is 1. The lowest BCUT2D eigenvalue weighted by Gasteiger charge is -2.11. The Balaban J connectivity index is 1.93. The first-order chi connectivity index (χ1) is 10.2. The van der Waals surface area contributed by atoms with Crippen molar-refractivity contribution >= 4 is 23.4 Å². The summed E-state index contributed by atoms with van der Waals surface area (Å²) >= 11 is 1.36. The lowest BCUT2D eigenvalue weighted by molar-refractivity contribution is -0.113. The maximum absolute atomic E-state index is 12.0. The van der Waals surface area contributed by atoms with Crippen LogP contribution in [0.3, 0.4) is 0 Å². The van der Waals surface area contributed by atoms with Crippen molar-refractivity contribution in [3.8, 4) is 5.75 Å². The van der Waals surface area contributed by atoms with Crippen molar-refractivity contribution in [2.24, 2.45) is 0 Å². The average molecular weight is 306 g/mol. The third-order valence-corrected chi connectivity index (χ3v) is 3.69. The Morgan fingerprint density at radius 3 is 2.95 bits per heavy atom. The van der Waals surface area contributed by atoms with Gasteiger partial charge in [-0.05, 0) is 26.0 Å². The number of hydrogen-bond donors (Lipinski definition) is 1. The van der Waals surface area contributed by atoms with Crippen LogP contribution >= 0.6 is 11.8 Å². The standard InChI is InChI=1S/C14H18N4O2S/c1-3-18-10-15-17-14(18)21-9-13(19)16-11-7-5-6-8-12(11)20-4-2/h5-8,10H,3-4,9H2,1-2H3,(H,16,19). The highest BCUT2D eigenvalue weighted by molar-refractivity contribution is 7.99. The van der Waals surface area contributed by atoms with Gasteiger partial charge in [-0.1, -0.05) is 23.9 Å². The minimum atomic E-state index is -0.0993. The maximum atomic E-state index is 12.0. The summed E-state index contributed by atoms with van der Waals surface area (Å²) < 4.78 is 7.37. The molecule has 1 heterocycles. The molecule has 0 fully saturated rings. The molecule has 2 rings (SSSR count). The Bertz CT molecular complexity index is 600. The lowest BCUT2D eigenvalue weighted by atomic mass is 10.3. The summed E-state index contributed by atoms with van der Waals surface area (Å²) in [7, 11) is 0. The first-order valence-corrected chi connectivity index (χ1v) is 7.75. The fourth-order valence-corrected chi connectivity index (χ4v) is 2.52. The molecule has 0 aliphatic rings. The molecule has 0 saturated carbocycles.